The SMILES string of the molecule is COCOc1cc(OC)c(C)c(OC)c1. The number of benzene rings is 1. The molecule has 0 bridgehead atoms. The van der Waals surface area contributed by atoms with Gasteiger partial charge in [-0.05, 0) is 6.92 Å². The highest BCUT2D eigenvalue weighted by Gasteiger charge is 2.08. The van der Waals surface area contributed by atoms with Gasteiger partial charge in [0.05, 0.1) is 14.2 Å². The van der Waals surface area contributed by atoms with Gasteiger partial charge in [0.1, 0.15) is 17.2 Å². The lowest BCUT2D eigenvalue weighted by molar-refractivity contribution is 0.0508. The van der Waals surface area contributed by atoms with Gasteiger partial charge in [-0.15, -0.1) is 0 Å². The Hall–Kier alpha value is -1.42. The van der Waals surface area contributed by atoms with Gasteiger partial charge in [0.15, 0.2) is 6.79 Å². The predicted molar refractivity (Wildman–Crippen MR) is 56.8 cm³/mol. The van der Waals surface area contributed by atoms with Gasteiger partial charge in [0.25, 0.3) is 0 Å². The van der Waals surface area contributed by atoms with Gasteiger partial charge in [0, 0.05) is 24.8 Å². The normalized spacial score (nSPS) is 9.87. The zero-order chi connectivity index (χ0) is 11.3. The Bertz CT molecular complexity index is 297. The molecule has 1 rings (SSSR count). The van der Waals surface area contributed by atoms with Gasteiger partial charge in [0.2, 0.25) is 0 Å². The van der Waals surface area contributed by atoms with Crippen LogP contribution in [0.3, 0.4) is 0 Å². The summed E-state index contributed by atoms with van der Waals surface area (Å²) in [5, 5.41) is 0. The second kappa shape index (κ2) is 5.46. The summed E-state index contributed by atoms with van der Waals surface area (Å²) in [6.07, 6.45) is 0. The Balaban J connectivity index is 2.98. The van der Waals surface area contributed by atoms with Gasteiger partial charge >= 0.3 is 0 Å². The van der Waals surface area contributed by atoms with E-state index in [-0.39, 0.29) is 6.79 Å². The first kappa shape index (κ1) is 11.7. The fraction of sp³-hybridized carbons (Fsp3) is 0.455. The van der Waals surface area contributed by atoms with Gasteiger partial charge in [-0.1, -0.05) is 0 Å². The van der Waals surface area contributed by atoms with Crippen molar-refractivity contribution in [2.75, 3.05) is 28.1 Å². The minimum atomic E-state index is 0.204. The summed E-state index contributed by atoms with van der Waals surface area (Å²) in [5.41, 5.74) is 0.949. The van der Waals surface area contributed by atoms with Crippen molar-refractivity contribution in [2.45, 2.75) is 6.92 Å². The maximum Gasteiger partial charge on any atom is 0.188 e. The second-order valence-electron chi connectivity index (χ2n) is 3.00. The van der Waals surface area contributed by atoms with E-state index >= 15 is 0 Å². The molecule has 0 aliphatic heterocycles. The molecule has 0 aliphatic carbocycles. The second-order valence-corrected chi connectivity index (χ2v) is 3.00. The molecule has 1 aromatic rings. The van der Waals surface area contributed by atoms with E-state index in [1.54, 1.807) is 33.5 Å². The first-order valence-electron chi connectivity index (χ1n) is 4.57. The van der Waals surface area contributed by atoms with E-state index < -0.39 is 0 Å². The summed E-state index contributed by atoms with van der Waals surface area (Å²) < 4.78 is 20.5. The number of hydrogen-bond acceptors (Lipinski definition) is 4. The standard InChI is InChI=1S/C11H16O4/c1-8-10(13-3)5-9(15-7-12-2)6-11(8)14-4/h5-6H,7H2,1-4H3. The molecule has 0 amide bonds. The highest BCUT2D eigenvalue weighted by molar-refractivity contribution is 5.49. The molecule has 0 fully saturated rings. The molecule has 0 radical (unpaired) electrons. The van der Waals surface area contributed by atoms with Crippen molar-refractivity contribution in [3.05, 3.63) is 17.7 Å². The molecule has 0 aliphatic rings. The van der Waals surface area contributed by atoms with Crippen molar-refractivity contribution in [3.8, 4) is 17.2 Å². The van der Waals surface area contributed by atoms with Gasteiger partial charge in [-0.3, -0.25) is 0 Å². The molecule has 4 heteroatoms. The molecule has 0 saturated carbocycles. The Morgan fingerprint density at radius 2 is 1.53 bits per heavy atom. The summed E-state index contributed by atoms with van der Waals surface area (Å²) in [5.74, 6) is 2.14. The number of ether oxygens (including phenoxy) is 4. The zero-order valence-electron chi connectivity index (χ0n) is 9.49. The molecular formula is C11H16O4. The van der Waals surface area contributed by atoms with Gasteiger partial charge in [-0.25, -0.2) is 0 Å². The summed E-state index contributed by atoms with van der Waals surface area (Å²) in [4.78, 5) is 0. The van der Waals surface area contributed by atoms with Crippen LogP contribution >= 0.6 is 0 Å². The monoisotopic (exact) mass is 212 g/mol. The van der Waals surface area contributed by atoms with E-state index in [2.05, 4.69) is 0 Å². The van der Waals surface area contributed by atoms with Crippen LogP contribution < -0.4 is 14.2 Å². The summed E-state index contributed by atoms with van der Waals surface area (Å²) in [6, 6.07) is 3.60. The fourth-order valence-corrected chi connectivity index (χ4v) is 1.27. The van der Waals surface area contributed by atoms with Gasteiger partial charge < -0.3 is 18.9 Å². The number of hydrogen-bond donors (Lipinski definition) is 0. The molecule has 84 valence electrons. The van der Waals surface area contributed by atoms with E-state index in [4.69, 9.17) is 18.9 Å². The molecule has 0 saturated heterocycles. The third-order valence-electron chi connectivity index (χ3n) is 2.07. The Morgan fingerprint density at radius 1 is 1.00 bits per heavy atom. The maximum absolute atomic E-state index is 5.31. The predicted octanol–water partition coefficient (Wildman–Crippen LogP) is 1.99. The van der Waals surface area contributed by atoms with Crippen LogP contribution in [0, 0.1) is 6.92 Å². The van der Waals surface area contributed by atoms with Gasteiger partial charge in [-0.2, -0.15) is 0 Å². The van der Waals surface area contributed by atoms with E-state index in [9.17, 15) is 0 Å². The van der Waals surface area contributed by atoms with Crippen molar-refractivity contribution in [1.29, 1.82) is 0 Å². The average molecular weight is 212 g/mol. The maximum atomic E-state index is 5.31. The number of rotatable bonds is 5. The minimum absolute atomic E-state index is 0.204. The number of methoxy groups -OCH3 is 3. The molecule has 1 aromatic carbocycles. The van der Waals surface area contributed by atoms with Crippen molar-refractivity contribution in [3.63, 3.8) is 0 Å². The third-order valence-corrected chi connectivity index (χ3v) is 2.07. The Morgan fingerprint density at radius 3 is 1.93 bits per heavy atom. The zero-order valence-corrected chi connectivity index (χ0v) is 9.49. The average Bonchev–Trinajstić information content (AvgIpc) is 2.27. The van der Waals surface area contributed by atoms with Crippen LogP contribution in [0.5, 0.6) is 17.2 Å². The third kappa shape index (κ3) is 2.76. The lowest BCUT2D eigenvalue weighted by Gasteiger charge is -2.12. The van der Waals surface area contributed by atoms with Crippen molar-refractivity contribution < 1.29 is 18.9 Å². The summed E-state index contributed by atoms with van der Waals surface area (Å²) >= 11 is 0. The van der Waals surface area contributed by atoms with E-state index in [0.29, 0.717) is 5.75 Å². The lowest BCUT2D eigenvalue weighted by atomic mass is 10.2. The Labute approximate surface area is 89.7 Å². The van der Waals surface area contributed by atoms with Crippen molar-refractivity contribution in [2.24, 2.45) is 0 Å². The van der Waals surface area contributed by atoms with E-state index in [0.717, 1.165) is 17.1 Å². The molecule has 0 spiro atoms. The van der Waals surface area contributed by atoms with Crippen LogP contribution in [0.25, 0.3) is 0 Å². The topological polar surface area (TPSA) is 36.9 Å². The largest absolute Gasteiger partial charge is 0.496 e. The van der Waals surface area contributed by atoms with E-state index in [1.807, 2.05) is 6.92 Å². The first-order chi connectivity index (χ1) is 7.22. The molecule has 15 heavy (non-hydrogen) atoms. The lowest BCUT2D eigenvalue weighted by Crippen LogP contribution is -2.00. The van der Waals surface area contributed by atoms with Crippen LogP contribution in [0.4, 0.5) is 0 Å². The van der Waals surface area contributed by atoms with Crippen molar-refractivity contribution >= 4 is 0 Å². The minimum Gasteiger partial charge on any atom is -0.496 e. The smallest absolute Gasteiger partial charge is 0.188 e. The van der Waals surface area contributed by atoms with Crippen molar-refractivity contribution in [1.82, 2.24) is 0 Å². The summed E-state index contributed by atoms with van der Waals surface area (Å²) in [7, 11) is 4.80. The Kier molecular flexibility index (Phi) is 4.24. The van der Waals surface area contributed by atoms with Crippen LogP contribution in [0.1, 0.15) is 5.56 Å². The summed E-state index contributed by atoms with van der Waals surface area (Å²) in [6.45, 7) is 2.13. The molecule has 0 heterocycles. The molecule has 0 aromatic heterocycles. The van der Waals surface area contributed by atoms with Crippen LogP contribution in [-0.2, 0) is 4.74 Å². The molecule has 4 nitrogen and oxygen atoms in total. The fourth-order valence-electron chi connectivity index (χ4n) is 1.27. The van der Waals surface area contributed by atoms with Crippen LogP contribution in [0.2, 0.25) is 0 Å². The first-order valence-corrected chi connectivity index (χ1v) is 4.57. The molecular weight excluding hydrogens is 196 g/mol. The molecule has 0 N–H and O–H groups in total. The van der Waals surface area contributed by atoms with E-state index in [1.165, 1.54) is 0 Å². The quantitative estimate of drug-likeness (QED) is 0.699. The van der Waals surface area contributed by atoms with Crippen LogP contribution in [-0.4, -0.2) is 28.1 Å². The molecule has 0 atom stereocenters. The highest BCUT2D eigenvalue weighted by Crippen LogP contribution is 2.32. The molecule has 0 unspecified atom stereocenters. The van der Waals surface area contributed by atoms with Crippen LogP contribution in [0.15, 0.2) is 12.1 Å². The highest BCUT2D eigenvalue weighted by atomic mass is 16.7.